The Morgan fingerprint density at radius 3 is 3.25 bits per heavy atom. The number of H-pyrrole nitrogens is 1. The second kappa shape index (κ2) is 2.73. The van der Waals surface area contributed by atoms with Crippen LogP contribution < -0.4 is 0 Å². The molecule has 1 aromatic carbocycles. The highest BCUT2D eigenvalue weighted by Gasteiger charge is 2.02. The Morgan fingerprint density at radius 1 is 1.50 bits per heavy atom. The maximum absolute atomic E-state index is 10.2. The minimum Gasteiger partial charge on any atom is -0.291 e. The van der Waals surface area contributed by atoms with Gasteiger partial charge < -0.3 is 0 Å². The van der Waals surface area contributed by atoms with Gasteiger partial charge in [-0.25, -0.2) is 0 Å². The fraction of sp³-hybridized carbons (Fsp3) is 0.125. The molecule has 4 nitrogen and oxygen atoms in total. The highest BCUT2D eigenvalue weighted by atomic mass is 16.1. The normalized spacial score (nSPS) is 10.3. The standard InChI is InChI=1S/C8H6N3O/c12-5-4-6-2-1-3-7-8(6)10-11-9-7/h1-3H,4H2,(H,9,10,11). The molecule has 1 radical (unpaired) electrons. The van der Waals surface area contributed by atoms with E-state index < -0.39 is 0 Å². The Labute approximate surface area is 68.6 Å². The number of hydrogen-bond acceptors (Lipinski definition) is 3. The second-order valence-corrected chi connectivity index (χ2v) is 2.45. The Hall–Kier alpha value is -1.71. The fourth-order valence-corrected chi connectivity index (χ4v) is 1.15. The van der Waals surface area contributed by atoms with Crippen molar-refractivity contribution in [3.8, 4) is 0 Å². The summed E-state index contributed by atoms with van der Waals surface area (Å²) < 4.78 is 0. The summed E-state index contributed by atoms with van der Waals surface area (Å²) in [4.78, 5) is 10.2. The zero-order chi connectivity index (χ0) is 8.39. The number of nitrogens with zero attached hydrogens (tertiary/aromatic N) is 2. The lowest BCUT2D eigenvalue weighted by Crippen LogP contribution is -1.86. The number of carbonyl (C=O) groups excluding carboxylic acids is 1. The third-order valence-corrected chi connectivity index (χ3v) is 1.70. The van der Waals surface area contributed by atoms with E-state index in [0.29, 0.717) is 0 Å². The molecule has 0 aliphatic rings. The van der Waals surface area contributed by atoms with E-state index in [1.807, 2.05) is 24.5 Å². The van der Waals surface area contributed by atoms with E-state index in [2.05, 4.69) is 15.4 Å². The van der Waals surface area contributed by atoms with Crippen LogP contribution in [-0.4, -0.2) is 21.7 Å². The molecular formula is C8H6N3O. The van der Waals surface area contributed by atoms with E-state index in [9.17, 15) is 4.79 Å². The number of aromatic nitrogens is 3. The van der Waals surface area contributed by atoms with Crippen molar-refractivity contribution >= 4 is 17.3 Å². The molecule has 4 heteroatoms. The van der Waals surface area contributed by atoms with Gasteiger partial charge in [0.2, 0.25) is 6.29 Å². The van der Waals surface area contributed by atoms with Crippen LogP contribution in [0.5, 0.6) is 0 Å². The summed E-state index contributed by atoms with van der Waals surface area (Å²) >= 11 is 0. The smallest absolute Gasteiger partial charge is 0.203 e. The summed E-state index contributed by atoms with van der Waals surface area (Å²) in [6.45, 7) is 0. The zero-order valence-electron chi connectivity index (χ0n) is 6.24. The SMILES string of the molecule is O=[C]Cc1cccc2[nH]nnc12. The minimum absolute atomic E-state index is 0.268. The van der Waals surface area contributed by atoms with Crippen LogP contribution in [0.2, 0.25) is 0 Å². The van der Waals surface area contributed by atoms with E-state index in [1.165, 1.54) is 0 Å². The third kappa shape index (κ3) is 0.972. The van der Waals surface area contributed by atoms with Crippen molar-refractivity contribution in [2.45, 2.75) is 6.42 Å². The second-order valence-electron chi connectivity index (χ2n) is 2.45. The largest absolute Gasteiger partial charge is 0.291 e. The van der Waals surface area contributed by atoms with Crippen LogP contribution >= 0.6 is 0 Å². The summed E-state index contributed by atoms with van der Waals surface area (Å²) in [7, 11) is 0. The van der Waals surface area contributed by atoms with Gasteiger partial charge in [-0.2, -0.15) is 0 Å². The van der Waals surface area contributed by atoms with E-state index in [-0.39, 0.29) is 6.42 Å². The molecule has 12 heavy (non-hydrogen) atoms. The maximum Gasteiger partial charge on any atom is 0.203 e. The predicted octanol–water partition coefficient (Wildman–Crippen LogP) is 0.610. The van der Waals surface area contributed by atoms with Crippen molar-refractivity contribution in [3.05, 3.63) is 23.8 Å². The monoisotopic (exact) mass is 160 g/mol. The first-order chi connectivity index (χ1) is 5.92. The van der Waals surface area contributed by atoms with Gasteiger partial charge >= 0.3 is 0 Å². The molecule has 0 atom stereocenters. The molecule has 2 aromatic rings. The molecular weight excluding hydrogens is 154 g/mol. The van der Waals surface area contributed by atoms with Crippen molar-refractivity contribution in [2.24, 2.45) is 0 Å². The Morgan fingerprint density at radius 2 is 2.42 bits per heavy atom. The first-order valence-electron chi connectivity index (χ1n) is 3.55. The number of nitrogens with one attached hydrogen (secondary N) is 1. The number of rotatable bonds is 2. The molecule has 0 unspecified atom stereocenters. The van der Waals surface area contributed by atoms with Crippen molar-refractivity contribution in [1.29, 1.82) is 0 Å². The molecule has 2 rings (SSSR count). The summed E-state index contributed by atoms with van der Waals surface area (Å²) in [5.74, 6) is 0. The van der Waals surface area contributed by atoms with Gasteiger partial charge in [0.05, 0.1) is 5.52 Å². The van der Waals surface area contributed by atoms with Crippen LogP contribution in [0, 0.1) is 0 Å². The van der Waals surface area contributed by atoms with Crippen LogP contribution in [0.25, 0.3) is 11.0 Å². The average Bonchev–Trinajstić information content (AvgIpc) is 2.53. The van der Waals surface area contributed by atoms with E-state index in [4.69, 9.17) is 0 Å². The molecule has 0 aliphatic carbocycles. The molecule has 0 fully saturated rings. The molecule has 1 aromatic heterocycles. The van der Waals surface area contributed by atoms with E-state index >= 15 is 0 Å². The van der Waals surface area contributed by atoms with Gasteiger partial charge in [0, 0.05) is 6.42 Å². The number of fused-ring (bicyclic) bond motifs is 1. The highest BCUT2D eigenvalue weighted by Crippen LogP contribution is 2.12. The first kappa shape index (κ1) is 6.97. The number of aromatic amines is 1. The maximum atomic E-state index is 10.2. The van der Waals surface area contributed by atoms with Gasteiger partial charge in [0.1, 0.15) is 5.52 Å². The Balaban J connectivity index is 2.65. The molecule has 59 valence electrons. The topological polar surface area (TPSA) is 58.6 Å². The van der Waals surface area contributed by atoms with Gasteiger partial charge in [0.15, 0.2) is 0 Å². The average molecular weight is 160 g/mol. The van der Waals surface area contributed by atoms with Crippen LogP contribution in [0.1, 0.15) is 5.56 Å². The van der Waals surface area contributed by atoms with E-state index in [1.54, 1.807) is 0 Å². The summed E-state index contributed by atoms with van der Waals surface area (Å²) in [6.07, 6.45) is 2.10. The molecule has 1 heterocycles. The lowest BCUT2D eigenvalue weighted by molar-refractivity contribution is 0.555. The van der Waals surface area contributed by atoms with Gasteiger partial charge in [-0.15, -0.1) is 5.10 Å². The third-order valence-electron chi connectivity index (χ3n) is 1.70. The molecule has 0 saturated carbocycles. The molecule has 1 N–H and O–H groups in total. The Kier molecular flexibility index (Phi) is 1.59. The van der Waals surface area contributed by atoms with Crippen LogP contribution in [0.4, 0.5) is 0 Å². The summed E-state index contributed by atoms with van der Waals surface area (Å²) in [6, 6.07) is 5.56. The van der Waals surface area contributed by atoms with Gasteiger partial charge in [-0.3, -0.25) is 9.89 Å². The minimum atomic E-state index is 0.268. The zero-order valence-corrected chi connectivity index (χ0v) is 6.24. The molecule has 0 amide bonds. The van der Waals surface area contributed by atoms with Gasteiger partial charge in [-0.05, 0) is 11.6 Å². The fourth-order valence-electron chi connectivity index (χ4n) is 1.15. The van der Waals surface area contributed by atoms with Crippen LogP contribution in [0.15, 0.2) is 18.2 Å². The van der Waals surface area contributed by atoms with Crippen molar-refractivity contribution < 1.29 is 4.79 Å². The lowest BCUT2D eigenvalue weighted by atomic mass is 10.1. The first-order valence-corrected chi connectivity index (χ1v) is 3.55. The van der Waals surface area contributed by atoms with Gasteiger partial charge in [0.25, 0.3) is 0 Å². The predicted molar refractivity (Wildman–Crippen MR) is 43.3 cm³/mol. The molecule has 0 aliphatic heterocycles. The number of hydrogen-bond donors (Lipinski definition) is 1. The molecule has 0 bridgehead atoms. The quantitative estimate of drug-likeness (QED) is 0.700. The molecule has 0 saturated heterocycles. The van der Waals surface area contributed by atoms with Crippen molar-refractivity contribution in [2.75, 3.05) is 0 Å². The molecule has 0 spiro atoms. The van der Waals surface area contributed by atoms with Crippen molar-refractivity contribution in [3.63, 3.8) is 0 Å². The highest BCUT2D eigenvalue weighted by molar-refractivity contribution is 5.79. The Bertz CT molecular complexity index is 407. The summed E-state index contributed by atoms with van der Waals surface area (Å²) in [5.41, 5.74) is 2.46. The summed E-state index contributed by atoms with van der Waals surface area (Å²) in [5, 5.41) is 10.2. The van der Waals surface area contributed by atoms with Gasteiger partial charge in [-0.1, -0.05) is 17.3 Å². The van der Waals surface area contributed by atoms with Crippen LogP contribution in [-0.2, 0) is 11.2 Å². The van der Waals surface area contributed by atoms with Crippen molar-refractivity contribution in [1.82, 2.24) is 15.4 Å². The lowest BCUT2D eigenvalue weighted by Gasteiger charge is -1.92. The number of benzene rings is 1. The van der Waals surface area contributed by atoms with E-state index in [0.717, 1.165) is 16.6 Å². The van der Waals surface area contributed by atoms with Crippen LogP contribution in [0.3, 0.4) is 0 Å².